The number of likely N-dealkylation sites (tertiary alicyclic amines) is 1. The van der Waals surface area contributed by atoms with E-state index in [0.717, 1.165) is 44.5 Å². The van der Waals surface area contributed by atoms with Crippen LogP contribution in [0.2, 0.25) is 0 Å². The molecule has 2 fully saturated rings. The zero-order valence-electron chi connectivity index (χ0n) is 17.4. The van der Waals surface area contributed by atoms with Crippen LogP contribution in [0.3, 0.4) is 0 Å². The third-order valence-corrected chi connectivity index (χ3v) is 7.78. The first-order valence-electron chi connectivity index (χ1n) is 10.8. The molecule has 1 heterocycles. The van der Waals surface area contributed by atoms with Crippen molar-refractivity contribution in [1.82, 2.24) is 19.8 Å². The Hall–Kier alpha value is -0.860. The lowest BCUT2D eigenvalue weighted by atomic mass is 10.0. The Kier molecular flexibility index (Phi) is 9.32. The molecular formula is C19H39N5O2S. The summed E-state index contributed by atoms with van der Waals surface area (Å²) in [7, 11) is -3.22. The molecule has 0 aromatic rings. The number of hydrogen-bond acceptors (Lipinski definition) is 4. The summed E-state index contributed by atoms with van der Waals surface area (Å²) in [6.45, 7) is 10.2. The van der Waals surface area contributed by atoms with Gasteiger partial charge in [0.15, 0.2) is 5.96 Å². The number of guanidine groups is 1. The number of nitrogens with one attached hydrogen (secondary N) is 2. The molecule has 158 valence electrons. The molecule has 2 N–H and O–H groups in total. The SMILES string of the molecule is CCNC(=NCCS(=O)(=O)N(CC)CC)NC1CCN(C2CCCC2)CC1. The molecule has 1 saturated heterocycles. The van der Waals surface area contributed by atoms with Crippen LogP contribution < -0.4 is 10.6 Å². The predicted molar refractivity (Wildman–Crippen MR) is 113 cm³/mol. The maximum Gasteiger partial charge on any atom is 0.215 e. The van der Waals surface area contributed by atoms with Crippen LogP contribution in [0.4, 0.5) is 0 Å². The van der Waals surface area contributed by atoms with Crippen LogP contribution in [-0.2, 0) is 10.0 Å². The van der Waals surface area contributed by atoms with Gasteiger partial charge in [0.25, 0.3) is 0 Å². The van der Waals surface area contributed by atoms with Crippen molar-refractivity contribution in [2.75, 3.05) is 45.0 Å². The average molecular weight is 402 g/mol. The van der Waals surface area contributed by atoms with Crippen molar-refractivity contribution in [2.24, 2.45) is 4.99 Å². The summed E-state index contributed by atoms with van der Waals surface area (Å²) in [5.41, 5.74) is 0. The first-order chi connectivity index (χ1) is 13.0. The number of piperidine rings is 1. The van der Waals surface area contributed by atoms with Gasteiger partial charge in [0, 0.05) is 44.8 Å². The molecular weight excluding hydrogens is 362 g/mol. The second kappa shape index (κ2) is 11.2. The van der Waals surface area contributed by atoms with Crippen molar-refractivity contribution in [3.63, 3.8) is 0 Å². The molecule has 0 spiro atoms. The molecule has 7 nitrogen and oxygen atoms in total. The van der Waals surface area contributed by atoms with E-state index in [0.29, 0.717) is 19.1 Å². The lowest BCUT2D eigenvalue weighted by Gasteiger charge is -2.36. The maximum absolute atomic E-state index is 12.3. The van der Waals surface area contributed by atoms with Gasteiger partial charge >= 0.3 is 0 Å². The Morgan fingerprint density at radius 1 is 1.07 bits per heavy atom. The molecule has 0 atom stereocenters. The van der Waals surface area contributed by atoms with Gasteiger partial charge in [0.2, 0.25) is 10.0 Å². The zero-order valence-corrected chi connectivity index (χ0v) is 18.2. The fourth-order valence-electron chi connectivity index (χ4n) is 4.21. The lowest BCUT2D eigenvalue weighted by Crippen LogP contribution is -2.50. The van der Waals surface area contributed by atoms with E-state index in [1.807, 2.05) is 20.8 Å². The lowest BCUT2D eigenvalue weighted by molar-refractivity contribution is 0.150. The largest absolute Gasteiger partial charge is 0.357 e. The van der Waals surface area contributed by atoms with Gasteiger partial charge in [0.1, 0.15) is 0 Å². The first kappa shape index (κ1) is 22.4. The van der Waals surface area contributed by atoms with Crippen molar-refractivity contribution < 1.29 is 8.42 Å². The Labute approximate surface area is 166 Å². The van der Waals surface area contributed by atoms with Gasteiger partial charge in [0.05, 0.1) is 12.3 Å². The smallest absolute Gasteiger partial charge is 0.215 e. The Balaban J connectivity index is 1.81. The molecule has 0 radical (unpaired) electrons. The third kappa shape index (κ3) is 6.91. The van der Waals surface area contributed by atoms with Gasteiger partial charge in [-0.2, -0.15) is 0 Å². The number of nitrogens with zero attached hydrogens (tertiary/aromatic N) is 3. The highest BCUT2D eigenvalue weighted by molar-refractivity contribution is 7.89. The van der Waals surface area contributed by atoms with Crippen LogP contribution in [0.25, 0.3) is 0 Å². The van der Waals surface area contributed by atoms with E-state index >= 15 is 0 Å². The van der Waals surface area contributed by atoms with Gasteiger partial charge in [-0.15, -0.1) is 0 Å². The Morgan fingerprint density at radius 3 is 2.26 bits per heavy atom. The van der Waals surface area contributed by atoms with Crippen molar-refractivity contribution in [3.05, 3.63) is 0 Å². The minimum Gasteiger partial charge on any atom is -0.357 e. The normalized spacial score (nSPS) is 21.1. The highest BCUT2D eigenvalue weighted by Crippen LogP contribution is 2.26. The molecule has 1 aliphatic carbocycles. The van der Waals surface area contributed by atoms with Crippen LogP contribution in [0, 0.1) is 0 Å². The quantitative estimate of drug-likeness (QED) is 0.453. The predicted octanol–water partition coefficient (Wildman–Crippen LogP) is 1.62. The fourth-order valence-corrected chi connectivity index (χ4v) is 5.58. The maximum atomic E-state index is 12.3. The molecule has 0 bridgehead atoms. The highest BCUT2D eigenvalue weighted by Gasteiger charge is 2.27. The van der Waals surface area contributed by atoms with Gasteiger partial charge in [-0.3, -0.25) is 4.99 Å². The average Bonchev–Trinajstić information content (AvgIpc) is 3.18. The highest BCUT2D eigenvalue weighted by atomic mass is 32.2. The van der Waals surface area contributed by atoms with Crippen molar-refractivity contribution in [1.29, 1.82) is 0 Å². The fraction of sp³-hybridized carbons (Fsp3) is 0.947. The summed E-state index contributed by atoms with van der Waals surface area (Å²) in [6.07, 6.45) is 7.75. The second-order valence-electron chi connectivity index (χ2n) is 7.55. The second-order valence-corrected chi connectivity index (χ2v) is 9.64. The van der Waals surface area contributed by atoms with Gasteiger partial charge in [-0.25, -0.2) is 12.7 Å². The van der Waals surface area contributed by atoms with Crippen molar-refractivity contribution >= 4 is 16.0 Å². The monoisotopic (exact) mass is 401 g/mol. The number of rotatable bonds is 9. The summed E-state index contributed by atoms with van der Waals surface area (Å²) in [5, 5.41) is 6.77. The number of hydrogen-bond donors (Lipinski definition) is 2. The molecule has 1 aliphatic heterocycles. The van der Waals surface area contributed by atoms with E-state index in [9.17, 15) is 8.42 Å². The molecule has 8 heteroatoms. The van der Waals surface area contributed by atoms with Gasteiger partial charge in [-0.1, -0.05) is 26.7 Å². The first-order valence-corrected chi connectivity index (χ1v) is 12.4. The summed E-state index contributed by atoms with van der Waals surface area (Å²) in [4.78, 5) is 7.17. The molecule has 27 heavy (non-hydrogen) atoms. The molecule has 2 aliphatic rings. The number of sulfonamides is 1. The van der Waals surface area contributed by atoms with E-state index in [-0.39, 0.29) is 12.3 Å². The van der Waals surface area contributed by atoms with Crippen LogP contribution in [0.15, 0.2) is 4.99 Å². The van der Waals surface area contributed by atoms with Crippen LogP contribution >= 0.6 is 0 Å². The summed E-state index contributed by atoms with van der Waals surface area (Å²) >= 11 is 0. The van der Waals surface area contributed by atoms with Crippen LogP contribution in [0.5, 0.6) is 0 Å². The third-order valence-electron chi connectivity index (χ3n) is 5.77. The zero-order chi connectivity index (χ0) is 19.7. The minimum atomic E-state index is -3.22. The molecule has 0 amide bonds. The molecule has 1 saturated carbocycles. The molecule has 0 aromatic heterocycles. The van der Waals surface area contributed by atoms with E-state index in [1.54, 1.807) is 0 Å². The Morgan fingerprint density at radius 2 is 1.70 bits per heavy atom. The van der Waals surface area contributed by atoms with E-state index in [4.69, 9.17) is 0 Å². The summed E-state index contributed by atoms with van der Waals surface area (Å²) < 4.78 is 26.1. The number of aliphatic imine (C=N–C) groups is 1. The van der Waals surface area contributed by atoms with Crippen LogP contribution in [-0.4, -0.2) is 80.7 Å². The van der Waals surface area contributed by atoms with E-state index < -0.39 is 10.0 Å². The standard InChI is InChI=1S/C19H39N5O2S/c1-4-20-19(21-13-16-27(25,26)24(5-2)6-3)22-17-11-14-23(15-12-17)18-9-7-8-10-18/h17-18H,4-16H2,1-3H3,(H2,20,21,22). The van der Waals surface area contributed by atoms with Crippen molar-refractivity contribution in [3.8, 4) is 0 Å². The van der Waals surface area contributed by atoms with E-state index in [1.165, 1.54) is 30.0 Å². The van der Waals surface area contributed by atoms with Gasteiger partial charge in [-0.05, 0) is 32.6 Å². The van der Waals surface area contributed by atoms with E-state index in [2.05, 4.69) is 20.5 Å². The summed E-state index contributed by atoms with van der Waals surface area (Å²) in [5.74, 6) is 0.803. The minimum absolute atomic E-state index is 0.0609. The molecule has 0 unspecified atom stereocenters. The van der Waals surface area contributed by atoms with Gasteiger partial charge < -0.3 is 15.5 Å². The topological polar surface area (TPSA) is 77.0 Å². The van der Waals surface area contributed by atoms with Crippen molar-refractivity contribution in [2.45, 2.75) is 71.4 Å². The summed E-state index contributed by atoms with van der Waals surface area (Å²) in [6, 6.07) is 1.22. The molecule has 2 rings (SSSR count). The van der Waals surface area contributed by atoms with Crippen LogP contribution in [0.1, 0.15) is 59.3 Å². The molecule has 0 aromatic carbocycles. The Bertz CT molecular complexity index is 548.